The highest BCUT2D eigenvalue weighted by Gasteiger charge is 2.57. The van der Waals surface area contributed by atoms with Gasteiger partial charge in [0.2, 0.25) is 0 Å². The van der Waals surface area contributed by atoms with Gasteiger partial charge in [0.05, 0.1) is 0 Å². The Morgan fingerprint density at radius 2 is 2.11 bits per heavy atom. The Morgan fingerprint density at radius 1 is 1.44 bits per heavy atom. The number of rotatable bonds is 2. The fourth-order valence-electron chi connectivity index (χ4n) is 2.16. The Labute approximate surface area is 105 Å². The molecule has 0 spiro atoms. The standard InChI is InChI=1S/C11H17NO6/c1-6(13)15-8-7(5-12(4)14)16-10-9(8)17-11(2,3)18-10/h5,7-10H,1-4H3/b12-5-/t7-,8+,9-,10-/m1/s1. The van der Waals surface area contributed by atoms with E-state index >= 15 is 0 Å². The van der Waals surface area contributed by atoms with Gasteiger partial charge in [-0.05, 0) is 13.8 Å². The predicted molar refractivity (Wildman–Crippen MR) is 59.9 cm³/mol. The SMILES string of the molecule is CC(=O)O[C@@H]1[C@H]2OC(C)(C)O[C@H]2O[C@@H]1/C=[N+](/C)[O-]. The molecule has 0 bridgehead atoms. The molecule has 2 aliphatic rings. The van der Waals surface area contributed by atoms with Crippen molar-refractivity contribution in [3.8, 4) is 0 Å². The van der Waals surface area contributed by atoms with Crippen molar-refractivity contribution in [1.82, 2.24) is 0 Å². The normalized spacial score (nSPS) is 38.6. The van der Waals surface area contributed by atoms with Gasteiger partial charge in [-0.3, -0.25) is 4.79 Å². The monoisotopic (exact) mass is 259 g/mol. The van der Waals surface area contributed by atoms with Gasteiger partial charge in [-0.25, -0.2) is 4.74 Å². The number of fused-ring (bicyclic) bond motifs is 1. The van der Waals surface area contributed by atoms with Gasteiger partial charge < -0.3 is 24.2 Å². The second-order valence-electron chi connectivity index (χ2n) is 4.84. The molecule has 2 fully saturated rings. The van der Waals surface area contributed by atoms with Gasteiger partial charge in [0.25, 0.3) is 0 Å². The third kappa shape index (κ3) is 2.63. The predicted octanol–water partition coefficient (Wildman–Crippen LogP) is 0.00540. The average Bonchev–Trinajstić information content (AvgIpc) is 2.60. The van der Waals surface area contributed by atoms with E-state index in [0.29, 0.717) is 4.74 Å². The molecule has 0 saturated carbocycles. The lowest BCUT2D eigenvalue weighted by Crippen LogP contribution is -2.39. The minimum Gasteiger partial charge on any atom is -0.624 e. The van der Waals surface area contributed by atoms with Gasteiger partial charge in [0, 0.05) is 6.92 Å². The number of esters is 1. The van der Waals surface area contributed by atoms with E-state index in [-0.39, 0.29) is 0 Å². The molecule has 7 nitrogen and oxygen atoms in total. The molecule has 4 atom stereocenters. The molecule has 7 heteroatoms. The summed E-state index contributed by atoms with van der Waals surface area (Å²) >= 11 is 0. The Bertz CT molecular complexity index is 376. The minimum atomic E-state index is -0.790. The van der Waals surface area contributed by atoms with Crippen molar-refractivity contribution in [2.24, 2.45) is 0 Å². The van der Waals surface area contributed by atoms with E-state index in [2.05, 4.69) is 0 Å². The maximum absolute atomic E-state index is 11.1. The number of ether oxygens (including phenoxy) is 4. The number of hydrogen-bond donors (Lipinski definition) is 0. The molecule has 0 aromatic rings. The molecular weight excluding hydrogens is 242 g/mol. The molecular formula is C11H17NO6. The molecule has 2 heterocycles. The fourth-order valence-corrected chi connectivity index (χ4v) is 2.16. The largest absolute Gasteiger partial charge is 0.624 e. The van der Waals surface area contributed by atoms with Crippen LogP contribution in [-0.2, 0) is 23.7 Å². The Balaban J connectivity index is 2.17. The second kappa shape index (κ2) is 4.49. The number of hydrogen-bond acceptors (Lipinski definition) is 6. The van der Waals surface area contributed by atoms with Gasteiger partial charge in [-0.1, -0.05) is 0 Å². The lowest BCUT2D eigenvalue weighted by atomic mass is 10.1. The quantitative estimate of drug-likeness (QED) is 0.228. The zero-order valence-corrected chi connectivity index (χ0v) is 10.8. The summed E-state index contributed by atoms with van der Waals surface area (Å²) in [4.78, 5) is 11.1. The zero-order chi connectivity index (χ0) is 13.5. The summed E-state index contributed by atoms with van der Waals surface area (Å²) in [7, 11) is 1.33. The summed E-state index contributed by atoms with van der Waals surface area (Å²) < 4.78 is 22.4. The van der Waals surface area contributed by atoms with Crippen molar-refractivity contribution in [3.63, 3.8) is 0 Å². The van der Waals surface area contributed by atoms with E-state index in [9.17, 15) is 10.0 Å². The topological polar surface area (TPSA) is 80.1 Å². The average molecular weight is 259 g/mol. The zero-order valence-electron chi connectivity index (χ0n) is 10.8. The van der Waals surface area contributed by atoms with Crippen LogP contribution in [0.2, 0.25) is 0 Å². The molecule has 2 saturated heterocycles. The van der Waals surface area contributed by atoms with Crippen LogP contribution >= 0.6 is 0 Å². The smallest absolute Gasteiger partial charge is 0.303 e. The van der Waals surface area contributed by atoms with Crippen LogP contribution < -0.4 is 0 Å². The molecule has 0 unspecified atom stereocenters. The highest BCUT2D eigenvalue weighted by Crippen LogP contribution is 2.38. The maximum Gasteiger partial charge on any atom is 0.303 e. The molecule has 2 rings (SSSR count). The summed E-state index contributed by atoms with van der Waals surface area (Å²) in [5.41, 5.74) is 0. The fraction of sp³-hybridized carbons (Fsp3) is 0.818. The second-order valence-corrected chi connectivity index (χ2v) is 4.84. The minimum absolute atomic E-state index is 0.454. The van der Waals surface area contributed by atoms with Gasteiger partial charge in [0.15, 0.2) is 36.6 Å². The van der Waals surface area contributed by atoms with Crippen molar-refractivity contribution in [2.75, 3.05) is 7.05 Å². The van der Waals surface area contributed by atoms with Gasteiger partial charge in [0.1, 0.15) is 7.05 Å². The molecule has 18 heavy (non-hydrogen) atoms. The first kappa shape index (κ1) is 13.3. The van der Waals surface area contributed by atoms with Crippen molar-refractivity contribution < 1.29 is 28.5 Å². The van der Waals surface area contributed by atoms with Crippen LogP contribution in [0, 0.1) is 5.21 Å². The van der Waals surface area contributed by atoms with Gasteiger partial charge in [-0.15, -0.1) is 0 Å². The van der Waals surface area contributed by atoms with Crippen molar-refractivity contribution in [2.45, 2.75) is 51.2 Å². The summed E-state index contributed by atoms with van der Waals surface area (Å²) in [6.45, 7) is 4.79. The third-order valence-electron chi connectivity index (χ3n) is 2.69. The van der Waals surface area contributed by atoms with Crippen molar-refractivity contribution >= 4 is 12.2 Å². The number of carbonyl (C=O) groups is 1. The lowest BCUT2D eigenvalue weighted by Gasteiger charge is -2.23. The molecule has 2 aliphatic heterocycles. The van der Waals surface area contributed by atoms with Crippen LogP contribution in [-0.4, -0.2) is 54.4 Å². The molecule has 102 valence electrons. The van der Waals surface area contributed by atoms with E-state index < -0.39 is 36.4 Å². The first-order valence-electron chi connectivity index (χ1n) is 5.72. The van der Waals surface area contributed by atoms with Crippen LogP contribution in [0.15, 0.2) is 0 Å². The summed E-state index contributed by atoms with van der Waals surface area (Å²) in [5, 5.41) is 11.0. The molecule has 0 aliphatic carbocycles. The van der Waals surface area contributed by atoms with Crippen LogP contribution in [0.25, 0.3) is 0 Å². The highest BCUT2D eigenvalue weighted by molar-refractivity contribution is 5.68. The maximum atomic E-state index is 11.1. The van der Waals surface area contributed by atoms with E-state index in [0.717, 1.165) is 0 Å². The van der Waals surface area contributed by atoms with Crippen molar-refractivity contribution in [3.05, 3.63) is 5.21 Å². The molecule has 0 aromatic heterocycles. The summed E-state index contributed by atoms with van der Waals surface area (Å²) in [5.74, 6) is -1.24. The Hall–Kier alpha value is -1.18. The Morgan fingerprint density at radius 3 is 2.67 bits per heavy atom. The van der Waals surface area contributed by atoms with E-state index in [1.54, 1.807) is 13.8 Å². The number of nitrogens with zero attached hydrogens (tertiary/aromatic N) is 1. The van der Waals surface area contributed by atoms with Crippen LogP contribution in [0.3, 0.4) is 0 Å². The van der Waals surface area contributed by atoms with Crippen LogP contribution in [0.1, 0.15) is 20.8 Å². The van der Waals surface area contributed by atoms with E-state index in [4.69, 9.17) is 18.9 Å². The summed E-state index contributed by atoms with van der Waals surface area (Å²) in [6, 6.07) is 0. The van der Waals surface area contributed by atoms with Crippen LogP contribution in [0.4, 0.5) is 0 Å². The van der Waals surface area contributed by atoms with Gasteiger partial charge in [-0.2, -0.15) is 0 Å². The van der Waals surface area contributed by atoms with E-state index in [1.165, 1.54) is 20.2 Å². The third-order valence-corrected chi connectivity index (χ3v) is 2.69. The number of hydroxylamine groups is 1. The summed E-state index contributed by atoms with van der Waals surface area (Å²) in [6.07, 6.45) is -1.21. The lowest BCUT2D eigenvalue weighted by molar-refractivity contribution is -0.421. The van der Waals surface area contributed by atoms with E-state index in [1.807, 2.05) is 0 Å². The first-order valence-corrected chi connectivity index (χ1v) is 5.72. The Kier molecular flexibility index (Phi) is 3.31. The first-order chi connectivity index (χ1) is 8.28. The number of carbonyl (C=O) groups excluding carboxylic acids is 1. The molecule has 0 amide bonds. The van der Waals surface area contributed by atoms with Crippen molar-refractivity contribution in [1.29, 1.82) is 0 Å². The highest BCUT2D eigenvalue weighted by atomic mass is 16.8. The molecule has 0 radical (unpaired) electrons. The molecule has 0 aromatic carbocycles. The van der Waals surface area contributed by atoms with Crippen LogP contribution in [0.5, 0.6) is 0 Å². The molecule has 0 N–H and O–H groups in total. The van der Waals surface area contributed by atoms with Gasteiger partial charge >= 0.3 is 5.97 Å².